The van der Waals surface area contributed by atoms with E-state index in [1.807, 2.05) is 60.7 Å². The van der Waals surface area contributed by atoms with Gasteiger partial charge in [0.15, 0.2) is 0 Å². The number of methoxy groups -OCH3 is 1. The van der Waals surface area contributed by atoms with Crippen LogP contribution in [0.3, 0.4) is 0 Å². The first-order valence-electron chi connectivity index (χ1n) is 9.63. The van der Waals surface area contributed by atoms with Crippen molar-refractivity contribution < 1.29 is 9.15 Å². The van der Waals surface area contributed by atoms with Crippen molar-refractivity contribution in [2.24, 2.45) is 0 Å². The van der Waals surface area contributed by atoms with Crippen LogP contribution in [-0.4, -0.2) is 16.7 Å². The third kappa shape index (κ3) is 3.79. The predicted octanol–water partition coefficient (Wildman–Crippen LogP) is 4.23. The molecule has 4 aromatic rings. The fourth-order valence-electron chi connectivity index (χ4n) is 3.42. The Morgan fingerprint density at radius 1 is 1.10 bits per heavy atom. The van der Waals surface area contributed by atoms with Gasteiger partial charge in [0.1, 0.15) is 17.3 Å². The molecule has 0 unspecified atom stereocenters. The van der Waals surface area contributed by atoms with Gasteiger partial charge in [0.2, 0.25) is 0 Å². The van der Waals surface area contributed by atoms with E-state index < -0.39 is 0 Å². The minimum Gasteiger partial charge on any atom is -0.497 e. The summed E-state index contributed by atoms with van der Waals surface area (Å²) in [6.07, 6.45) is 2.42. The SMILES string of the molecule is CC[C@H](NCc1ccco1)c1nc2ccccc2c(=O)n1-c1ccc(OC)cc1. The number of benzene rings is 2. The van der Waals surface area contributed by atoms with Gasteiger partial charge in [0, 0.05) is 0 Å². The number of nitrogens with zero attached hydrogens (tertiary/aromatic N) is 2. The van der Waals surface area contributed by atoms with Gasteiger partial charge in [-0.1, -0.05) is 19.1 Å². The van der Waals surface area contributed by atoms with E-state index in [9.17, 15) is 4.79 Å². The number of ether oxygens (including phenoxy) is 1. The highest BCUT2D eigenvalue weighted by atomic mass is 16.5. The summed E-state index contributed by atoms with van der Waals surface area (Å²) in [5, 5.41) is 4.06. The molecule has 0 aliphatic rings. The number of para-hydroxylation sites is 1. The van der Waals surface area contributed by atoms with Crippen molar-refractivity contribution in [2.45, 2.75) is 25.9 Å². The number of aromatic nitrogens is 2. The van der Waals surface area contributed by atoms with E-state index in [4.69, 9.17) is 14.1 Å². The van der Waals surface area contributed by atoms with Gasteiger partial charge >= 0.3 is 0 Å². The number of rotatable bonds is 7. The van der Waals surface area contributed by atoms with E-state index in [-0.39, 0.29) is 11.6 Å². The molecule has 1 atom stereocenters. The van der Waals surface area contributed by atoms with Gasteiger partial charge < -0.3 is 14.5 Å². The Bertz CT molecular complexity index is 1150. The van der Waals surface area contributed by atoms with Crippen LogP contribution in [0.15, 0.2) is 76.1 Å². The fraction of sp³-hybridized carbons (Fsp3) is 0.217. The Morgan fingerprint density at radius 2 is 1.90 bits per heavy atom. The van der Waals surface area contributed by atoms with Crippen molar-refractivity contribution in [3.05, 3.63) is 88.9 Å². The van der Waals surface area contributed by atoms with E-state index in [0.717, 1.165) is 23.6 Å². The highest BCUT2D eigenvalue weighted by molar-refractivity contribution is 5.77. The smallest absolute Gasteiger partial charge is 0.266 e. The first-order valence-corrected chi connectivity index (χ1v) is 9.63. The van der Waals surface area contributed by atoms with E-state index in [1.54, 1.807) is 17.9 Å². The first-order chi connectivity index (χ1) is 14.2. The lowest BCUT2D eigenvalue weighted by Gasteiger charge is -2.21. The summed E-state index contributed by atoms with van der Waals surface area (Å²) in [6.45, 7) is 2.62. The van der Waals surface area contributed by atoms with Crippen LogP contribution in [-0.2, 0) is 6.54 Å². The number of furan rings is 1. The van der Waals surface area contributed by atoms with Crippen LogP contribution in [0.25, 0.3) is 16.6 Å². The molecule has 6 heteroatoms. The molecule has 2 aromatic heterocycles. The Balaban J connectivity index is 1.84. The molecular formula is C23H23N3O3. The van der Waals surface area contributed by atoms with Crippen molar-refractivity contribution in [2.75, 3.05) is 7.11 Å². The second-order valence-corrected chi connectivity index (χ2v) is 6.75. The van der Waals surface area contributed by atoms with Crippen LogP contribution in [0.5, 0.6) is 5.75 Å². The zero-order chi connectivity index (χ0) is 20.2. The highest BCUT2D eigenvalue weighted by Gasteiger charge is 2.20. The van der Waals surface area contributed by atoms with Crippen molar-refractivity contribution in [3.8, 4) is 11.4 Å². The standard InChI is InChI=1S/C23H23N3O3/c1-3-20(24-15-18-7-6-14-29-18)22-25-21-9-5-4-8-19(21)23(27)26(22)16-10-12-17(28-2)13-11-16/h4-14,20,24H,3,15H2,1-2H3/t20-/m0/s1. The van der Waals surface area contributed by atoms with Crippen molar-refractivity contribution in [3.63, 3.8) is 0 Å². The number of nitrogens with one attached hydrogen (secondary N) is 1. The molecule has 2 heterocycles. The summed E-state index contributed by atoms with van der Waals surface area (Å²) in [5.74, 6) is 2.25. The van der Waals surface area contributed by atoms with Gasteiger partial charge in [-0.3, -0.25) is 9.36 Å². The summed E-state index contributed by atoms with van der Waals surface area (Å²) < 4.78 is 12.4. The molecule has 6 nitrogen and oxygen atoms in total. The van der Waals surface area contributed by atoms with E-state index in [1.165, 1.54) is 0 Å². The largest absolute Gasteiger partial charge is 0.497 e. The maximum atomic E-state index is 13.4. The summed E-state index contributed by atoms with van der Waals surface area (Å²) in [6, 6.07) is 18.5. The number of hydrogen-bond donors (Lipinski definition) is 1. The van der Waals surface area contributed by atoms with Crippen LogP contribution in [0, 0.1) is 0 Å². The van der Waals surface area contributed by atoms with Crippen LogP contribution < -0.4 is 15.6 Å². The molecule has 29 heavy (non-hydrogen) atoms. The molecule has 0 spiro atoms. The summed E-state index contributed by atoms with van der Waals surface area (Å²) >= 11 is 0. The molecule has 0 radical (unpaired) electrons. The Labute approximate surface area is 168 Å². The zero-order valence-corrected chi connectivity index (χ0v) is 16.5. The number of fused-ring (bicyclic) bond motifs is 1. The van der Waals surface area contributed by atoms with Crippen LogP contribution >= 0.6 is 0 Å². The molecule has 1 N–H and O–H groups in total. The third-order valence-corrected chi connectivity index (χ3v) is 4.95. The molecule has 148 valence electrons. The van der Waals surface area contributed by atoms with Gasteiger partial charge in [0.05, 0.1) is 42.5 Å². The number of hydrogen-bond acceptors (Lipinski definition) is 5. The lowest BCUT2D eigenvalue weighted by molar-refractivity contribution is 0.414. The average Bonchev–Trinajstić information content (AvgIpc) is 3.28. The molecule has 0 amide bonds. The third-order valence-electron chi connectivity index (χ3n) is 4.95. The van der Waals surface area contributed by atoms with E-state index >= 15 is 0 Å². The summed E-state index contributed by atoms with van der Waals surface area (Å²) in [4.78, 5) is 18.3. The Kier molecular flexibility index (Phi) is 5.44. The van der Waals surface area contributed by atoms with Crippen LogP contribution in [0.4, 0.5) is 0 Å². The zero-order valence-electron chi connectivity index (χ0n) is 16.5. The maximum absolute atomic E-state index is 13.4. The van der Waals surface area contributed by atoms with Crippen molar-refractivity contribution in [1.82, 2.24) is 14.9 Å². The molecule has 2 aromatic carbocycles. The minimum atomic E-state index is -0.125. The Hall–Kier alpha value is -3.38. The topological polar surface area (TPSA) is 69.3 Å². The van der Waals surface area contributed by atoms with Gasteiger partial charge in [-0.25, -0.2) is 4.98 Å². The van der Waals surface area contributed by atoms with Gasteiger partial charge in [-0.15, -0.1) is 0 Å². The molecule has 0 fully saturated rings. The van der Waals surface area contributed by atoms with Gasteiger partial charge in [-0.2, -0.15) is 0 Å². The highest BCUT2D eigenvalue weighted by Crippen LogP contribution is 2.22. The lowest BCUT2D eigenvalue weighted by atomic mass is 10.1. The van der Waals surface area contributed by atoms with Crippen LogP contribution in [0.2, 0.25) is 0 Å². The Morgan fingerprint density at radius 3 is 2.59 bits per heavy atom. The van der Waals surface area contributed by atoms with Crippen LogP contribution in [0.1, 0.15) is 31.0 Å². The van der Waals surface area contributed by atoms with Crippen molar-refractivity contribution >= 4 is 10.9 Å². The van der Waals surface area contributed by atoms with Gasteiger partial charge in [0.25, 0.3) is 5.56 Å². The maximum Gasteiger partial charge on any atom is 0.266 e. The minimum absolute atomic E-state index is 0.0889. The monoisotopic (exact) mass is 389 g/mol. The molecule has 0 bridgehead atoms. The summed E-state index contributed by atoms with van der Waals surface area (Å²) in [7, 11) is 1.62. The molecule has 0 aliphatic carbocycles. The molecule has 0 aliphatic heterocycles. The quantitative estimate of drug-likeness (QED) is 0.512. The fourth-order valence-corrected chi connectivity index (χ4v) is 3.42. The first kappa shape index (κ1) is 19.0. The summed E-state index contributed by atoms with van der Waals surface area (Å²) in [5.41, 5.74) is 1.35. The molecule has 0 saturated carbocycles. The molecular weight excluding hydrogens is 366 g/mol. The van der Waals surface area contributed by atoms with Crippen molar-refractivity contribution in [1.29, 1.82) is 0 Å². The predicted molar refractivity (Wildman–Crippen MR) is 112 cm³/mol. The van der Waals surface area contributed by atoms with E-state index in [0.29, 0.717) is 23.3 Å². The second-order valence-electron chi connectivity index (χ2n) is 6.75. The normalized spacial score (nSPS) is 12.2. The lowest BCUT2D eigenvalue weighted by Crippen LogP contribution is -2.31. The van der Waals surface area contributed by atoms with E-state index in [2.05, 4.69) is 12.2 Å². The van der Waals surface area contributed by atoms with Gasteiger partial charge in [-0.05, 0) is 55.0 Å². The molecule has 4 rings (SSSR count). The average molecular weight is 389 g/mol. The second kappa shape index (κ2) is 8.32. The molecule has 0 saturated heterocycles.